The van der Waals surface area contributed by atoms with E-state index in [0.717, 1.165) is 48.9 Å². The van der Waals surface area contributed by atoms with E-state index in [2.05, 4.69) is 47.0 Å². The molecule has 1 aliphatic rings. The predicted octanol–water partition coefficient (Wildman–Crippen LogP) is 2.70. The average Bonchev–Trinajstić information content (AvgIpc) is 2.78. The van der Waals surface area contributed by atoms with Gasteiger partial charge in [0, 0.05) is 31.4 Å². The van der Waals surface area contributed by atoms with Gasteiger partial charge in [-0.25, -0.2) is 4.98 Å². The van der Waals surface area contributed by atoms with Gasteiger partial charge in [0.25, 0.3) is 0 Å². The summed E-state index contributed by atoms with van der Waals surface area (Å²) in [5.74, 6) is 3.37. The van der Waals surface area contributed by atoms with E-state index < -0.39 is 0 Å². The third-order valence-corrected chi connectivity index (χ3v) is 3.67. The van der Waals surface area contributed by atoms with Gasteiger partial charge in [0.15, 0.2) is 0 Å². The smallest absolute Gasteiger partial charge is 0.224 e. The predicted molar refractivity (Wildman–Crippen MR) is 76.1 cm³/mol. The maximum atomic E-state index is 4.60. The molecule has 1 atom stereocenters. The van der Waals surface area contributed by atoms with Crippen LogP contribution in [0, 0.1) is 18.8 Å². The molecule has 0 amide bonds. The first-order chi connectivity index (χ1) is 8.60. The fourth-order valence-corrected chi connectivity index (χ4v) is 2.49. The molecule has 0 radical (unpaired) electrons. The second-order valence-electron chi connectivity index (χ2n) is 5.46. The largest absolute Gasteiger partial charge is 0.356 e. The normalized spacial score (nSPS) is 19.6. The fraction of sp³-hybridized carbons (Fsp3) is 0.714. The fourth-order valence-electron chi connectivity index (χ4n) is 2.49. The van der Waals surface area contributed by atoms with Gasteiger partial charge < -0.3 is 10.2 Å². The molecule has 0 aliphatic carbocycles. The number of nitrogens with zero attached hydrogens (tertiary/aromatic N) is 3. The van der Waals surface area contributed by atoms with Crippen molar-refractivity contribution in [2.45, 2.75) is 34.1 Å². The number of aromatic nitrogens is 2. The summed E-state index contributed by atoms with van der Waals surface area (Å²) in [6, 6.07) is 2.09. The van der Waals surface area contributed by atoms with Crippen LogP contribution in [0.2, 0.25) is 0 Å². The van der Waals surface area contributed by atoms with E-state index in [-0.39, 0.29) is 0 Å². The van der Waals surface area contributed by atoms with Crippen LogP contribution in [0.25, 0.3) is 0 Å². The Labute approximate surface area is 110 Å². The minimum atomic E-state index is 0.750. The number of hydrogen-bond donors (Lipinski definition) is 1. The maximum absolute atomic E-state index is 4.60. The Kier molecular flexibility index (Phi) is 4.04. The standard InChI is InChI=1S/C14H24N4/c1-5-15-14-16-11(4)8-13(17-14)18-7-6-12(9-18)10(2)3/h8,10,12H,5-7,9H2,1-4H3,(H,15,16,17). The van der Waals surface area contributed by atoms with E-state index in [1.165, 1.54) is 6.42 Å². The van der Waals surface area contributed by atoms with E-state index >= 15 is 0 Å². The third kappa shape index (κ3) is 2.92. The van der Waals surface area contributed by atoms with Crippen LogP contribution in [-0.2, 0) is 0 Å². The molecule has 1 aliphatic heterocycles. The summed E-state index contributed by atoms with van der Waals surface area (Å²) in [5, 5.41) is 3.20. The van der Waals surface area contributed by atoms with E-state index in [1.54, 1.807) is 0 Å². The molecule has 1 aromatic heterocycles. The van der Waals surface area contributed by atoms with E-state index in [1.807, 2.05) is 6.92 Å². The number of anilines is 2. The molecule has 0 spiro atoms. The first-order valence-electron chi connectivity index (χ1n) is 6.94. The van der Waals surface area contributed by atoms with Crippen LogP contribution in [0.1, 0.15) is 32.9 Å². The Morgan fingerprint density at radius 2 is 2.22 bits per heavy atom. The van der Waals surface area contributed by atoms with Crippen molar-refractivity contribution in [2.75, 3.05) is 29.9 Å². The zero-order valence-corrected chi connectivity index (χ0v) is 11.9. The molecule has 1 N–H and O–H groups in total. The number of hydrogen-bond acceptors (Lipinski definition) is 4. The highest BCUT2D eigenvalue weighted by Gasteiger charge is 2.26. The van der Waals surface area contributed by atoms with Crippen LogP contribution in [0.4, 0.5) is 11.8 Å². The minimum absolute atomic E-state index is 0.750. The van der Waals surface area contributed by atoms with Crippen molar-refractivity contribution >= 4 is 11.8 Å². The van der Waals surface area contributed by atoms with Crippen molar-refractivity contribution in [3.8, 4) is 0 Å². The average molecular weight is 248 g/mol. The zero-order chi connectivity index (χ0) is 13.1. The Bertz CT molecular complexity index is 403. The SMILES string of the molecule is CCNc1nc(C)cc(N2CCC(C(C)C)C2)n1. The van der Waals surface area contributed by atoms with Crippen molar-refractivity contribution < 1.29 is 0 Å². The lowest BCUT2D eigenvalue weighted by Gasteiger charge is -2.20. The molecule has 1 unspecified atom stereocenters. The van der Waals surface area contributed by atoms with Gasteiger partial charge in [0.05, 0.1) is 0 Å². The molecule has 1 saturated heterocycles. The maximum Gasteiger partial charge on any atom is 0.224 e. The molecule has 1 fully saturated rings. The third-order valence-electron chi connectivity index (χ3n) is 3.67. The first kappa shape index (κ1) is 13.1. The summed E-state index contributed by atoms with van der Waals surface area (Å²) in [6.07, 6.45) is 1.28. The zero-order valence-electron chi connectivity index (χ0n) is 11.9. The molecule has 2 rings (SSSR count). The summed E-state index contributed by atoms with van der Waals surface area (Å²) in [5.41, 5.74) is 1.03. The molecule has 1 aromatic rings. The molecule has 2 heterocycles. The molecule has 100 valence electrons. The van der Waals surface area contributed by atoms with Crippen LogP contribution in [0.3, 0.4) is 0 Å². The highest BCUT2D eigenvalue weighted by molar-refractivity contribution is 5.45. The van der Waals surface area contributed by atoms with Gasteiger partial charge in [-0.15, -0.1) is 0 Å². The van der Waals surface area contributed by atoms with Gasteiger partial charge in [0.2, 0.25) is 5.95 Å². The summed E-state index contributed by atoms with van der Waals surface area (Å²) >= 11 is 0. The minimum Gasteiger partial charge on any atom is -0.356 e. The van der Waals surface area contributed by atoms with Gasteiger partial charge in [-0.3, -0.25) is 0 Å². The van der Waals surface area contributed by atoms with Gasteiger partial charge in [-0.2, -0.15) is 4.98 Å². The Hall–Kier alpha value is -1.32. The van der Waals surface area contributed by atoms with Gasteiger partial charge in [-0.1, -0.05) is 13.8 Å². The van der Waals surface area contributed by atoms with Crippen molar-refractivity contribution in [3.63, 3.8) is 0 Å². The molecular weight excluding hydrogens is 224 g/mol. The van der Waals surface area contributed by atoms with E-state index in [4.69, 9.17) is 0 Å². The monoisotopic (exact) mass is 248 g/mol. The number of nitrogens with one attached hydrogen (secondary N) is 1. The molecule has 4 heteroatoms. The van der Waals surface area contributed by atoms with Gasteiger partial charge >= 0.3 is 0 Å². The second-order valence-corrected chi connectivity index (χ2v) is 5.46. The Morgan fingerprint density at radius 1 is 1.44 bits per heavy atom. The molecule has 18 heavy (non-hydrogen) atoms. The van der Waals surface area contributed by atoms with Crippen LogP contribution >= 0.6 is 0 Å². The summed E-state index contributed by atoms with van der Waals surface area (Å²) in [6.45, 7) is 11.8. The van der Waals surface area contributed by atoms with E-state index in [0.29, 0.717) is 0 Å². The van der Waals surface area contributed by atoms with Gasteiger partial charge in [-0.05, 0) is 32.1 Å². The Balaban J connectivity index is 2.13. The molecule has 0 saturated carbocycles. The Morgan fingerprint density at radius 3 is 2.83 bits per heavy atom. The van der Waals surface area contributed by atoms with Crippen molar-refractivity contribution in [1.29, 1.82) is 0 Å². The highest BCUT2D eigenvalue weighted by atomic mass is 15.2. The lowest BCUT2D eigenvalue weighted by molar-refractivity contribution is 0.422. The molecule has 4 nitrogen and oxygen atoms in total. The first-order valence-corrected chi connectivity index (χ1v) is 6.94. The molecular formula is C14H24N4. The van der Waals surface area contributed by atoms with Crippen molar-refractivity contribution in [3.05, 3.63) is 11.8 Å². The summed E-state index contributed by atoms with van der Waals surface area (Å²) < 4.78 is 0. The topological polar surface area (TPSA) is 41.1 Å². The van der Waals surface area contributed by atoms with Crippen LogP contribution < -0.4 is 10.2 Å². The highest BCUT2D eigenvalue weighted by Crippen LogP contribution is 2.27. The number of rotatable bonds is 4. The van der Waals surface area contributed by atoms with E-state index in [9.17, 15) is 0 Å². The van der Waals surface area contributed by atoms with Crippen LogP contribution in [0.5, 0.6) is 0 Å². The van der Waals surface area contributed by atoms with Crippen molar-refractivity contribution in [1.82, 2.24) is 9.97 Å². The molecule has 0 aromatic carbocycles. The quantitative estimate of drug-likeness (QED) is 0.889. The van der Waals surface area contributed by atoms with Crippen LogP contribution in [-0.4, -0.2) is 29.6 Å². The number of aryl methyl sites for hydroxylation is 1. The lowest BCUT2D eigenvalue weighted by atomic mass is 9.95. The lowest BCUT2D eigenvalue weighted by Crippen LogP contribution is -2.23. The summed E-state index contributed by atoms with van der Waals surface area (Å²) in [4.78, 5) is 11.4. The van der Waals surface area contributed by atoms with Gasteiger partial charge in [0.1, 0.15) is 5.82 Å². The second kappa shape index (κ2) is 5.55. The van der Waals surface area contributed by atoms with Crippen LogP contribution in [0.15, 0.2) is 6.07 Å². The van der Waals surface area contributed by atoms with Crippen molar-refractivity contribution in [2.24, 2.45) is 11.8 Å². The molecule has 0 bridgehead atoms. The summed E-state index contributed by atoms with van der Waals surface area (Å²) in [7, 11) is 0.